The first-order valence-corrected chi connectivity index (χ1v) is 13.4. The molecule has 210 valence electrons. The monoisotopic (exact) mass is 523 g/mol. The summed E-state index contributed by atoms with van der Waals surface area (Å²) in [6.45, 7) is 13.2. The van der Waals surface area contributed by atoms with E-state index in [0.29, 0.717) is 51.9 Å². The van der Waals surface area contributed by atoms with Crippen LogP contribution in [0.15, 0.2) is 18.2 Å². The molecule has 37 heavy (non-hydrogen) atoms. The zero-order valence-corrected chi connectivity index (χ0v) is 23.7. The minimum atomic E-state index is -0.569. The molecule has 1 heterocycles. The Morgan fingerprint density at radius 3 is 2.54 bits per heavy atom. The number of nitrogens with one attached hydrogen (secondary N) is 1. The second-order valence-corrected chi connectivity index (χ2v) is 11.5. The van der Waals surface area contributed by atoms with Crippen LogP contribution in [0.1, 0.15) is 79.2 Å². The summed E-state index contributed by atoms with van der Waals surface area (Å²) in [6.07, 6.45) is 3.49. The fraction of sp³-hybridized carbons (Fsp3) is 0.724. The number of alkyl carbamates (subject to hydrolysis) is 1. The minimum Gasteiger partial charge on any atom is -0.490 e. The van der Waals surface area contributed by atoms with Gasteiger partial charge in [-0.3, -0.25) is 4.79 Å². The predicted octanol–water partition coefficient (Wildman–Crippen LogP) is 6.07. The average Bonchev–Trinajstić information content (AvgIpc) is 3.18. The molecule has 1 aliphatic heterocycles. The molecule has 1 aromatic rings. The molecule has 0 bridgehead atoms. The lowest BCUT2D eigenvalue weighted by molar-refractivity contribution is -0.154. The van der Waals surface area contributed by atoms with E-state index >= 15 is 0 Å². The molecule has 1 amide bonds. The fourth-order valence-electron chi connectivity index (χ4n) is 4.88. The van der Waals surface area contributed by atoms with E-state index in [-0.39, 0.29) is 29.5 Å². The Morgan fingerprint density at radius 2 is 1.95 bits per heavy atom. The zero-order valence-electron chi connectivity index (χ0n) is 23.7. The summed E-state index contributed by atoms with van der Waals surface area (Å²) in [5, 5.41) is 2.86. The van der Waals surface area contributed by atoms with Crippen molar-refractivity contribution in [3.05, 3.63) is 29.6 Å². The van der Waals surface area contributed by atoms with Crippen LogP contribution >= 0.6 is 0 Å². The highest BCUT2D eigenvalue weighted by atomic mass is 19.1. The number of amides is 1. The van der Waals surface area contributed by atoms with Gasteiger partial charge in [0, 0.05) is 33.1 Å². The van der Waals surface area contributed by atoms with Gasteiger partial charge < -0.3 is 24.3 Å². The van der Waals surface area contributed by atoms with E-state index in [4.69, 9.17) is 18.9 Å². The van der Waals surface area contributed by atoms with Gasteiger partial charge in [-0.2, -0.15) is 0 Å². The first kappa shape index (κ1) is 30.9. The van der Waals surface area contributed by atoms with Crippen LogP contribution < -0.4 is 10.1 Å². The molecule has 3 atom stereocenters. The van der Waals surface area contributed by atoms with Crippen LogP contribution in [0.2, 0.25) is 0 Å². The summed E-state index contributed by atoms with van der Waals surface area (Å²) < 4.78 is 36.3. The second kappa shape index (κ2) is 14.0. The molecular weight excluding hydrogens is 477 g/mol. The Balaban J connectivity index is 2.15. The molecule has 0 radical (unpaired) electrons. The lowest BCUT2D eigenvalue weighted by Crippen LogP contribution is -2.39. The molecule has 0 aromatic heterocycles. The Labute approximate surface area is 221 Å². The Hall–Kier alpha value is -2.35. The third-order valence-corrected chi connectivity index (χ3v) is 7.02. The van der Waals surface area contributed by atoms with Gasteiger partial charge in [-0.15, -0.1) is 0 Å². The third-order valence-electron chi connectivity index (χ3n) is 7.02. The molecule has 0 spiro atoms. The van der Waals surface area contributed by atoms with Crippen LogP contribution in [0.5, 0.6) is 5.75 Å². The van der Waals surface area contributed by atoms with Crippen molar-refractivity contribution < 1.29 is 32.9 Å². The summed E-state index contributed by atoms with van der Waals surface area (Å²) in [5.41, 5.74) is -0.0916. The van der Waals surface area contributed by atoms with Gasteiger partial charge in [0.05, 0.1) is 6.61 Å². The normalized spacial score (nSPS) is 19.4. The molecule has 0 saturated carbocycles. The zero-order chi connectivity index (χ0) is 27.6. The van der Waals surface area contributed by atoms with Crippen molar-refractivity contribution >= 4 is 12.1 Å². The molecule has 1 fully saturated rings. The molecule has 1 saturated heterocycles. The number of hydrogen-bond acceptors (Lipinski definition) is 6. The first-order valence-electron chi connectivity index (χ1n) is 13.4. The number of methoxy groups -OCH3 is 1. The van der Waals surface area contributed by atoms with Crippen LogP contribution in [0.4, 0.5) is 9.18 Å². The average molecular weight is 524 g/mol. The number of cyclic esters (lactones) is 1. The van der Waals surface area contributed by atoms with E-state index in [1.807, 2.05) is 20.8 Å². The van der Waals surface area contributed by atoms with Crippen molar-refractivity contribution in [2.24, 2.45) is 17.8 Å². The maximum Gasteiger partial charge on any atom is 0.407 e. The Kier molecular flexibility index (Phi) is 11.7. The molecule has 8 heteroatoms. The summed E-state index contributed by atoms with van der Waals surface area (Å²) >= 11 is 0. The van der Waals surface area contributed by atoms with E-state index in [1.54, 1.807) is 19.2 Å². The van der Waals surface area contributed by atoms with Crippen LogP contribution in [0, 0.1) is 23.6 Å². The lowest BCUT2D eigenvalue weighted by Gasteiger charge is -2.37. The number of halogens is 1. The van der Waals surface area contributed by atoms with Crippen LogP contribution in [-0.4, -0.2) is 50.1 Å². The molecule has 2 rings (SSSR count). The first-order chi connectivity index (χ1) is 17.3. The van der Waals surface area contributed by atoms with Gasteiger partial charge in [0.15, 0.2) is 11.6 Å². The molecule has 3 unspecified atom stereocenters. The van der Waals surface area contributed by atoms with Crippen molar-refractivity contribution in [1.29, 1.82) is 0 Å². The van der Waals surface area contributed by atoms with E-state index in [2.05, 4.69) is 26.1 Å². The van der Waals surface area contributed by atoms with E-state index in [0.717, 1.165) is 12.0 Å². The van der Waals surface area contributed by atoms with E-state index in [9.17, 15) is 14.0 Å². The van der Waals surface area contributed by atoms with Gasteiger partial charge in [-0.05, 0) is 81.9 Å². The number of hydrogen-bond donors (Lipinski definition) is 1. The minimum absolute atomic E-state index is 0.141. The third kappa shape index (κ3) is 10.1. The lowest BCUT2D eigenvalue weighted by atomic mass is 9.74. The molecule has 1 aliphatic rings. The van der Waals surface area contributed by atoms with Gasteiger partial charge in [-0.25, -0.2) is 9.18 Å². The summed E-state index contributed by atoms with van der Waals surface area (Å²) in [6, 6.07) is 4.99. The van der Waals surface area contributed by atoms with Gasteiger partial charge in [-0.1, -0.05) is 26.8 Å². The maximum absolute atomic E-state index is 14.4. The van der Waals surface area contributed by atoms with Crippen LogP contribution in [-0.2, 0) is 25.4 Å². The van der Waals surface area contributed by atoms with E-state index < -0.39 is 23.1 Å². The smallest absolute Gasteiger partial charge is 0.407 e. The van der Waals surface area contributed by atoms with Crippen molar-refractivity contribution in [2.45, 2.75) is 91.3 Å². The van der Waals surface area contributed by atoms with Crippen molar-refractivity contribution in [2.75, 3.05) is 26.9 Å². The fourth-order valence-corrected chi connectivity index (χ4v) is 4.88. The number of carbonyl (C=O) groups is 2. The number of carbonyl (C=O) groups excluding carboxylic acids is 2. The number of esters is 1. The number of rotatable bonds is 14. The van der Waals surface area contributed by atoms with Gasteiger partial charge in [0.1, 0.15) is 11.2 Å². The summed E-state index contributed by atoms with van der Waals surface area (Å²) in [5.74, 6) is 0.225. The van der Waals surface area contributed by atoms with Crippen LogP contribution in [0.3, 0.4) is 0 Å². The quantitative estimate of drug-likeness (QED) is 0.235. The molecule has 0 aliphatic carbocycles. The Morgan fingerprint density at radius 1 is 1.22 bits per heavy atom. The highest BCUT2D eigenvalue weighted by molar-refractivity contribution is 5.72. The molecule has 1 N–H and O–H groups in total. The molecular formula is C29H46FNO6. The van der Waals surface area contributed by atoms with Crippen molar-refractivity contribution in [3.63, 3.8) is 0 Å². The van der Waals surface area contributed by atoms with Gasteiger partial charge >= 0.3 is 12.1 Å². The predicted molar refractivity (Wildman–Crippen MR) is 141 cm³/mol. The molecule has 7 nitrogen and oxygen atoms in total. The highest BCUT2D eigenvalue weighted by Crippen LogP contribution is 2.41. The number of ether oxygens (including phenoxy) is 4. The largest absolute Gasteiger partial charge is 0.490 e. The van der Waals surface area contributed by atoms with Crippen LogP contribution in [0.25, 0.3) is 0 Å². The van der Waals surface area contributed by atoms with Gasteiger partial charge in [0.2, 0.25) is 0 Å². The summed E-state index contributed by atoms with van der Waals surface area (Å²) in [7, 11) is 1.62. The number of benzene rings is 1. The SMILES string of the molecule is COCCCOc1cc(CC(CCNC(=O)OC(C)(C)C)C(C)CC2(C(C)C)CCC(=O)O2)ccc1F. The van der Waals surface area contributed by atoms with Gasteiger partial charge in [0.25, 0.3) is 0 Å². The standard InChI is InChI=1S/C29H46FNO6/c1-20(2)29(13-11-26(32)36-29)19-21(3)23(12-14-31-27(33)37-28(4,5)6)17-22-9-10-24(30)25(18-22)35-16-8-15-34-7/h9-10,18,20-21,23H,8,11-17,19H2,1-7H3,(H,31,33). The Bertz CT molecular complexity index is 884. The maximum atomic E-state index is 14.4. The summed E-state index contributed by atoms with van der Waals surface area (Å²) in [4.78, 5) is 24.2. The van der Waals surface area contributed by atoms with E-state index in [1.165, 1.54) is 6.07 Å². The highest BCUT2D eigenvalue weighted by Gasteiger charge is 2.44. The molecule has 1 aromatic carbocycles. The van der Waals surface area contributed by atoms with Crippen molar-refractivity contribution in [3.8, 4) is 5.75 Å². The van der Waals surface area contributed by atoms with Crippen molar-refractivity contribution in [1.82, 2.24) is 5.32 Å². The second-order valence-electron chi connectivity index (χ2n) is 11.5. The topological polar surface area (TPSA) is 83.1 Å².